The molecule has 0 unspecified atom stereocenters. The molecule has 148 valence electrons. The van der Waals surface area contributed by atoms with Gasteiger partial charge in [-0.15, -0.1) is 0 Å². The highest BCUT2D eigenvalue weighted by molar-refractivity contribution is 9.10. The topological polar surface area (TPSA) is 81.5 Å². The highest BCUT2D eigenvalue weighted by Crippen LogP contribution is 2.31. The van der Waals surface area contributed by atoms with Gasteiger partial charge < -0.3 is 4.42 Å². The maximum Gasteiger partial charge on any atom is 0.284 e. The van der Waals surface area contributed by atoms with Crippen molar-refractivity contribution >= 4 is 62.3 Å². The molecule has 0 bridgehead atoms. The Bertz CT molecular complexity index is 1310. The Hall–Kier alpha value is -3.29. The lowest BCUT2D eigenvalue weighted by atomic mass is 10.2. The molecule has 0 aliphatic rings. The number of nitrogens with zero attached hydrogens (tertiary/aromatic N) is 3. The number of hydrogen-bond donors (Lipinski definition) is 0. The van der Waals surface area contributed by atoms with Gasteiger partial charge in [0.05, 0.1) is 25.7 Å². The summed E-state index contributed by atoms with van der Waals surface area (Å²) in [5, 5.41) is 11.6. The smallest absolute Gasteiger partial charge is 0.284 e. The minimum Gasteiger partial charge on any atom is -0.436 e. The SMILES string of the molecule is O=[N+]([O-])c1cc(C=CC=Nc2ccc3oc(-c4ccccc4Cl)nc3c2)ccc1Br. The van der Waals surface area contributed by atoms with E-state index < -0.39 is 4.92 Å². The monoisotopic (exact) mass is 481 g/mol. The number of oxazole rings is 1. The second-order valence-corrected chi connectivity index (χ2v) is 7.52. The van der Waals surface area contributed by atoms with E-state index in [4.69, 9.17) is 16.0 Å². The van der Waals surface area contributed by atoms with Gasteiger partial charge in [-0.1, -0.05) is 35.9 Å². The number of nitro benzene ring substituents is 1. The summed E-state index contributed by atoms with van der Waals surface area (Å²) in [6, 6.07) is 17.7. The number of fused-ring (bicyclic) bond motifs is 1. The Labute approximate surface area is 184 Å². The number of aromatic nitrogens is 1. The highest BCUT2D eigenvalue weighted by atomic mass is 79.9. The minimum atomic E-state index is -0.431. The molecule has 0 fully saturated rings. The first-order valence-corrected chi connectivity index (χ1v) is 9.98. The summed E-state index contributed by atoms with van der Waals surface area (Å²) >= 11 is 9.39. The van der Waals surface area contributed by atoms with E-state index in [1.165, 1.54) is 6.07 Å². The van der Waals surface area contributed by atoms with Crippen LogP contribution in [0.4, 0.5) is 11.4 Å². The summed E-state index contributed by atoms with van der Waals surface area (Å²) in [6.07, 6.45) is 5.08. The average Bonchev–Trinajstić information content (AvgIpc) is 3.15. The predicted octanol–water partition coefficient (Wildman–Crippen LogP) is 7.23. The maximum absolute atomic E-state index is 11.0. The Morgan fingerprint density at radius 3 is 2.77 bits per heavy atom. The average molecular weight is 483 g/mol. The zero-order valence-electron chi connectivity index (χ0n) is 15.3. The minimum absolute atomic E-state index is 0.0138. The first-order chi connectivity index (χ1) is 14.5. The molecular weight excluding hydrogens is 470 g/mol. The molecule has 0 amide bonds. The van der Waals surface area contributed by atoms with Gasteiger partial charge in [0.1, 0.15) is 5.52 Å². The van der Waals surface area contributed by atoms with Gasteiger partial charge in [-0.25, -0.2) is 4.98 Å². The Morgan fingerprint density at radius 1 is 1.13 bits per heavy atom. The molecule has 0 aliphatic heterocycles. The fourth-order valence-corrected chi connectivity index (χ4v) is 3.41. The lowest BCUT2D eigenvalue weighted by Gasteiger charge is -1.97. The zero-order chi connectivity index (χ0) is 21.1. The molecule has 0 saturated carbocycles. The second kappa shape index (κ2) is 8.61. The van der Waals surface area contributed by atoms with E-state index in [0.717, 1.165) is 5.56 Å². The summed E-state index contributed by atoms with van der Waals surface area (Å²) in [4.78, 5) is 19.5. The van der Waals surface area contributed by atoms with Crippen molar-refractivity contribution < 1.29 is 9.34 Å². The molecule has 8 heteroatoms. The number of rotatable bonds is 5. The molecule has 1 aromatic heterocycles. The number of allylic oxidation sites excluding steroid dienone is 1. The van der Waals surface area contributed by atoms with Crippen molar-refractivity contribution in [3.8, 4) is 11.5 Å². The largest absolute Gasteiger partial charge is 0.436 e. The molecule has 0 atom stereocenters. The van der Waals surface area contributed by atoms with E-state index >= 15 is 0 Å². The summed E-state index contributed by atoms with van der Waals surface area (Å²) in [7, 11) is 0. The number of aliphatic imine (C=N–C) groups is 1. The molecule has 30 heavy (non-hydrogen) atoms. The van der Waals surface area contributed by atoms with Crippen LogP contribution in [0.5, 0.6) is 0 Å². The lowest BCUT2D eigenvalue weighted by Crippen LogP contribution is -1.89. The Balaban J connectivity index is 1.53. The third-order valence-electron chi connectivity index (χ3n) is 4.24. The van der Waals surface area contributed by atoms with E-state index in [1.807, 2.05) is 30.3 Å². The van der Waals surface area contributed by atoms with Crippen LogP contribution in [0.1, 0.15) is 5.56 Å². The van der Waals surface area contributed by atoms with E-state index in [9.17, 15) is 10.1 Å². The number of nitro groups is 1. The van der Waals surface area contributed by atoms with Crippen molar-refractivity contribution in [1.29, 1.82) is 0 Å². The van der Waals surface area contributed by atoms with Gasteiger partial charge in [0, 0.05) is 12.3 Å². The van der Waals surface area contributed by atoms with E-state index in [0.29, 0.717) is 37.7 Å². The normalized spacial score (nSPS) is 11.7. The Kier molecular flexibility index (Phi) is 5.74. The van der Waals surface area contributed by atoms with Gasteiger partial charge in [0.2, 0.25) is 5.89 Å². The van der Waals surface area contributed by atoms with Crippen LogP contribution in [0.15, 0.2) is 80.6 Å². The van der Waals surface area contributed by atoms with Gasteiger partial charge in [-0.2, -0.15) is 0 Å². The van der Waals surface area contributed by atoms with Gasteiger partial charge in [-0.3, -0.25) is 15.1 Å². The zero-order valence-corrected chi connectivity index (χ0v) is 17.7. The molecule has 6 nitrogen and oxygen atoms in total. The molecule has 0 spiro atoms. The van der Waals surface area contributed by atoms with Crippen molar-refractivity contribution in [2.24, 2.45) is 4.99 Å². The van der Waals surface area contributed by atoms with Crippen molar-refractivity contribution in [1.82, 2.24) is 4.98 Å². The highest BCUT2D eigenvalue weighted by Gasteiger charge is 2.12. The molecule has 3 aromatic carbocycles. The van der Waals surface area contributed by atoms with Crippen molar-refractivity contribution in [2.45, 2.75) is 0 Å². The van der Waals surface area contributed by atoms with E-state index in [2.05, 4.69) is 25.9 Å². The third kappa shape index (κ3) is 4.32. The molecular formula is C22H13BrClN3O3. The van der Waals surface area contributed by atoms with Crippen LogP contribution >= 0.6 is 27.5 Å². The summed E-state index contributed by atoms with van der Waals surface area (Å²) in [5.74, 6) is 0.452. The van der Waals surface area contributed by atoms with Gasteiger partial charge in [-0.05, 0) is 64.0 Å². The molecule has 4 rings (SSSR count). The molecule has 0 saturated heterocycles. The van der Waals surface area contributed by atoms with Crippen LogP contribution in [0.3, 0.4) is 0 Å². The number of halogens is 2. The van der Waals surface area contributed by atoms with Crippen LogP contribution in [-0.4, -0.2) is 16.1 Å². The predicted molar refractivity (Wildman–Crippen MR) is 122 cm³/mol. The van der Waals surface area contributed by atoms with Crippen LogP contribution < -0.4 is 0 Å². The van der Waals surface area contributed by atoms with E-state index in [-0.39, 0.29) is 5.69 Å². The van der Waals surface area contributed by atoms with Crippen molar-refractivity contribution in [3.05, 3.63) is 91.9 Å². The maximum atomic E-state index is 11.0. The molecule has 4 aromatic rings. The van der Waals surface area contributed by atoms with Crippen LogP contribution in [0, 0.1) is 10.1 Å². The van der Waals surface area contributed by atoms with E-state index in [1.54, 1.807) is 42.6 Å². The van der Waals surface area contributed by atoms with Crippen LogP contribution in [0.25, 0.3) is 28.6 Å². The summed E-state index contributed by atoms with van der Waals surface area (Å²) in [5.41, 5.74) is 3.46. The second-order valence-electron chi connectivity index (χ2n) is 6.26. The lowest BCUT2D eigenvalue weighted by molar-refractivity contribution is -0.385. The van der Waals surface area contributed by atoms with Gasteiger partial charge in [0.25, 0.3) is 5.69 Å². The quantitative estimate of drug-likeness (QED) is 0.171. The van der Waals surface area contributed by atoms with Crippen LogP contribution in [-0.2, 0) is 0 Å². The fraction of sp³-hybridized carbons (Fsp3) is 0. The molecule has 0 radical (unpaired) electrons. The first-order valence-electron chi connectivity index (χ1n) is 8.81. The van der Waals surface area contributed by atoms with Crippen molar-refractivity contribution in [2.75, 3.05) is 0 Å². The molecule has 0 N–H and O–H groups in total. The summed E-state index contributed by atoms with van der Waals surface area (Å²) < 4.78 is 6.23. The fourth-order valence-electron chi connectivity index (χ4n) is 2.80. The van der Waals surface area contributed by atoms with Gasteiger partial charge >= 0.3 is 0 Å². The number of hydrogen-bond acceptors (Lipinski definition) is 5. The Morgan fingerprint density at radius 2 is 1.97 bits per heavy atom. The van der Waals surface area contributed by atoms with Gasteiger partial charge in [0.15, 0.2) is 5.58 Å². The van der Waals surface area contributed by atoms with Crippen LogP contribution in [0.2, 0.25) is 5.02 Å². The molecule has 0 aliphatic carbocycles. The molecule has 1 heterocycles. The first kappa shape index (κ1) is 20.0. The third-order valence-corrected chi connectivity index (χ3v) is 5.24. The number of benzene rings is 3. The summed E-state index contributed by atoms with van der Waals surface area (Å²) in [6.45, 7) is 0. The standard InChI is InChI=1S/C22H13BrClN3O3/c23-17-9-7-14(12-20(17)27(28)29)4-3-11-25-15-8-10-21-19(13-15)26-22(30-21)16-5-1-2-6-18(16)24/h1-13H. The van der Waals surface area contributed by atoms with Crippen molar-refractivity contribution in [3.63, 3.8) is 0 Å².